The minimum absolute atomic E-state index is 0.154. The number of hydrogen-bond acceptors (Lipinski definition) is 4. The van der Waals surface area contributed by atoms with Crippen LogP contribution in [0.2, 0.25) is 5.15 Å². The van der Waals surface area contributed by atoms with Gasteiger partial charge in [0.2, 0.25) is 0 Å². The third-order valence-electron chi connectivity index (χ3n) is 3.81. The van der Waals surface area contributed by atoms with Crippen LogP contribution in [-0.2, 0) is 0 Å². The molecule has 0 unspecified atom stereocenters. The van der Waals surface area contributed by atoms with E-state index < -0.39 is 5.60 Å². The van der Waals surface area contributed by atoms with Crippen LogP contribution in [0, 0.1) is 0 Å². The van der Waals surface area contributed by atoms with Gasteiger partial charge in [0.05, 0.1) is 5.60 Å². The van der Waals surface area contributed by atoms with E-state index in [2.05, 4.69) is 10.3 Å². The minimum Gasteiger partial charge on any atom is -0.388 e. The van der Waals surface area contributed by atoms with E-state index in [1.165, 1.54) is 0 Å². The Morgan fingerprint density at radius 2 is 2.14 bits per heavy atom. The lowest BCUT2D eigenvalue weighted by molar-refractivity contribution is 0.0157. The summed E-state index contributed by atoms with van der Waals surface area (Å²) in [7, 11) is 1.71. The van der Waals surface area contributed by atoms with E-state index in [1.54, 1.807) is 24.1 Å². The van der Waals surface area contributed by atoms with Crippen LogP contribution in [-0.4, -0.2) is 46.6 Å². The zero-order chi connectivity index (χ0) is 15.5. The highest BCUT2D eigenvalue weighted by Gasteiger charge is 2.33. The van der Waals surface area contributed by atoms with Gasteiger partial charge in [0, 0.05) is 25.7 Å². The summed E-state index contributed by atoms with van der Waals surface area (Å²) in [5.74, 6) is 0.431. The van der Waals surface area contributed by atoms with Crippen molar-refractivity contribution in [1.29, 1.82) is 0 Å². The van der Waals surface area contributed by atoms with Gasteiger partial charge in [-0.05, 0) is 31.9 Å². The lowest BCUT2D eigenvalue weighted by atomic mass is 10.0. The Labute approximate surface area is 130 Å². The summed E-state index contributed by atoms with van der Waals surface area (Å²) < 4.78 is 0. The van der Waals surface area contributed by atoms with Crippen molar-refractivity contribution in [2.24, 2.45) is 0 Å². The first-order valence-corrected chi connectivity index (χ1v) is 7.70. The van der Waals surface area contributed by atoms with E-state index in [9.17, 15) is 9.90 Å². The molecule has 1 fully saturated rings. The molecule has 1 saturated carbocycles. The van der Waals surface area contributed by atoms with E-state index in [1.807, 2.05) is 6.92 Å². The number of carbonyl (C=O) groups is 1. The maximum atomic E-state index is 12.5. The van der Waals surface area contributed by atoms with Crippen LogP contribution in [0.4, 0.5) is 5.82 Å². The monoisotopic (exact) mass is 311 g/mol. The van der Waals surface area contributed by atoms with Crippen LogP contribution in [0.15, 0.2) is 12.1 Å². The minimum atomic E-state index is -0.744. The number of pyridine rings is 1. The van der Waals surface area contributed by atoms with Gasteiger partial charge in [-0.25, -0.2) is 4.98 Å². The fraction of sp³-hybridized carbons (Fsp3) is 0.600. The number of halogens is 1. The van der Waals surface area contributed by atoms with Gasteiger partial charge in [0.25, 0.3) is 5.91 Å². The average Bonchev–Trinajstić information content (AvgIpc) is 2.84. The summed E-state index contributed by atoms with van der Waals surface area (Å²) in [4.78, 5) is 18.2. The van der Waals surface area contributed by atoms with Gasteiger partial charge in [0.15, 0.2) is 0 Å². The summed E-state index contributed by atoms with van der Waals surface area (Å²) in [5.41, 5.74) is -0.263. The van der Waals surface area contributed by atoms with Gasteiger partial charge >= 0.3 is 0 Å². The number of anilines is 1. The van der Waals surface area contributed by atoms with Crippen molar-refractivity contribution in [3.63, 3.8) is 0 Å². The third-order valence-corrected chi connectivity index (χ3v) is 4.01. The maximum Gasteiger partial charge on any atom is 0.253 e. The number of aliphatic hydroxyl groups is 1. The van der Waals surface area contributed by atoms with Gasteiger partial charge in [-0.1, -0.05) is 24.4 Å². The molecular formula is C15H22ClN3O2. The Morgan fingerprint density at radius 1 is 1.48 bits per heavy atom. The van der Waals surface area contributed by atoms with Gasteiger partial charge in [0.1, 0.15) is 11.0 Å². The van der Waals surface area contributed by atoms with Crippen molar-refractivity contribution in [2.45, 2.75) is 38.2 Å². The van der Waals surface area contributed by atoms with Crippen LogP contribution < -0.4 is 5.32 Å². The standard InChI is InChI=1S/C15H22ClN3O2/c1-3-17-13-9-11(8-12(16)18-13)14(20)19(2)10-15(21)6-4-5-7-15/h8-9,21H,3-7,10H2,1-2H3,(H,17,18). The first kappa shape index (κ1) is 16.0. The highest BCUT2D eigenvalue weighted by Crippen LogP contribution is 2.30. The molecule has 1 aromatic heterocycles. The van der Waals surface area contributed by atoms with Gasteiger partial charge in [-0.2, -0.15) is 0 Å². The molecule has 21 heavy (non-hydrogen) atoms. The van der Waals surface area contributed by atoms with Crippen LogP contribution in [0.5, 0.6) is 0 Å². The quantitative estimate of drug-likeness (QED) is 0.820. The van der Waals surface area contributed by atoms with Crippen molar-refractivity contribution >= 4 is 23.3 Å². The van der Waals surface area contributed by atoms with Crippen LogP contribution >= 0.6 is 11.6 Å². The molecule has 0 saturated heterocycles. The number of likely N-dealkylation sites (N-methyl/N-ethyl adjacent to an activating group) is 1. The molecule has 0 atom stereocenters. The molecule has 6 heteroatoms. The fourth-order valence-corrected chi connectivity index (χ4v) is 3.03. The van der Waals surface area contributed by atoms with Crippen LogP contribution in [0.25, 0.3) is 0 Å². The number of nitrogens with one attached hydrogen (secondary N) is 1. The molecule has 1 amide bonds. The molecule has 1 aromatic rings. The molecule has 2 N–H and O–H groups in total. The van der Waals surface area contributed by atoms with Crippen LogP contribution in [0.3, 0.4) is 0 Å². The van der Waals surface area contributed by atoms with Crippen molar-refractivity contribution < 1.29 is 9.90 Å². The molecule has 1 aliphatic carbocycles. The van der Waals surface area contributed by atoms with E-state index in [4.69, 9.17) is 11.6 Å². The first-order valence-electron chi connectivity index (χ1n) is 7.33. The molecule has 1 aliphatic rings. The van der Waals surface area contributed by atoms with Gasteiger partial charge < -0.3 is 15.3 Å². The predicted molar refractivity (Wildman–Crippen MR) is 83.8 cm³/mol. The summed E-state index contributed by atoms with van der Waals surface area (Å²) in [6, 6.07) is 3.24. The van der Waals surface area contributed by atoms with Crippen molar-refractivity contribution in [1.82, 2.24) is 9.88 Å². The molecule has 0 spiro atoms. The lowest BCUT2D eigenvalue weighted by Gasteiger charge is -2.28. The van der Waals surface area contributed by atoms with Crippen molar-refractivity contribution in [2.75, 3.05) is 25.5 Å². The largest absolute Gasteiger partial charge is 0.388 e. The molecule has 1 heterocycles. The number of amides is 1. The molecule has 0 aliphatic heterocycles. The fourth-order valence-electron chi connectivity index (χ4n) is 2.82. The van der Waals surface area contributed by atoms with E-state index in [-0.39, 0.29) is 11.1 Å². The Hall–Kier alpha value is -1.33. The second-order valence-corrected chi connectivity index (χ2v) is 6.07. The Kier molecular flexibility index (Phi) is 5.06. The molecule has 0 bridgehead atoms. The molecule has 116 valence electrons. The van der Waals surface area contributed by atoms with E-state index >= 15 is 0 Å². The Balaban J connectivity index is 2.11. The smallest absolute Gasteiger partial charge is 0.253 e. The zero-order valence-corrected chi connectivity index (χ0v) is 13.3. The zero-order valence-electron chi connectivity index (χ0n) is 12.5. The summed E-state index contributed by atoms with van der Waals surface area (Å²) in [6.07, 6.45) is 3.54. The number of aromatic nitrogens is 1. The molecule has 2 rings (SSSR count). The Morgan fingerprint density at radius 3 is 2.76 bits per heavy atom. The molecular weight excluding hydrogens is 290 g/mol. The summed E-state index contributed by atoms with van der Waals surface area (Å²) in [6.45, 7) is 3.00. The SMILES string of the molecule is CCNc1cc(C(=O)N(C)CC2(O)CCCC2)cc(Cl)n1. The second kappa shape index (κ2) is 6.62. The molecule has 0 aromatic carbocycles. The summed E-state index contributed by atoms with van der Waals surface area (Å²) in [5, 5.41) is 13.7. The highest BCUT2D eigenvalue weighted by atomic mass is 35.5. The number of carbonyl (C=O) groups excluding carboxylic acids is 1. The number of nitrogens with zero attached hydrogens (tertiary/aromatic N) is 2. The first-order chi connectivity index (χ1) is 9.93. The highest BCUT2D eigenvalue weighted by molar-refractivity contribution is 6.29. The molecule has 5 nitrogen and oxygen atoms in total. The van der Waals surface area contributed by atoms with Gasteiger partial charge in [-0.15, -0.1) is 0 Å². The lowest BCUT2D eigenvalue weighted by Crippen LogP contribution is -2.42. The topological polar surface area (TPSA) is 65.5 Å². The number of rotatable bonds is 5. The molecule has 0 radical (unpaired) electrons. The second-order valence-electron chi connectivity index (χ2n) is 5.69. The van der Waals surface area contributed by atoms with Crippen LogP contribution in [0.1, 0.15) is 43.0 Å². The third kappa shape index (κ3) is 4.08. The average molecular weight is 312 g/mol. The van der Waals surface area contributed by atoms with Crippen molar-refractivity contribution in [3.8, 4) is 0 Å². The number of hydrogen-bond donors (Lipinski definition) is 2. The Bertz CT molecular complexity index is 516. The normalized spacial score (nSPS) is 16.8. The predicted octanol–water partition coefficient (Wildman–Crippen LogP) is 2.54. The summed E-state index contributed by atoms with van der Waals surface area (Å²) >= 11 is 5.96. The van der Waals surface area contributed by atoms with E-state index in [0.29, 0.717) is 24.5 Å². The van der Waals surface area contributed by atoms with Gasteiger partial charge in [-0.3, -0.25) is 4.79 Å². The maximum absolute atomic E-state index is 12.5. The van der Waals surface area contributed by atoms with E-state index in [0.717, 1.165) is 25.7 Å². The van der Waals surface area contributed by atoms with Crippen molar-refractivity contribution in [3.05, 3.63) is 22.8 Å².